The van der Waals surface area contributed by atoms with Gasteiger partial charge in [-0.1, -0.05) is 32.0 Å². The molecule has 1 N–H and O–H groups in total. The number of benzene rings is 1. The van der Waals surface area contributed by atoms with Crippen LogP contribution in [0.25, 0.3) is 0 Å². The molecular weight excluding hydrogens is 312 g/mol. The second kappa shape index (κ2) is 7.36. The standard InChI is InChI=1S/C21H26N2O2/c1-16(2)17-6-8-18(9-7-17)20(24)23-13-10-21(25,11-14-23)15-19-5-3-4-12-22-19/h3-9,12,16,25H,10-11,13-15H2,1-2H3. The van der Waals surface area contributed by atoms with E-state index in [0.29, 0.717) is 38.3 Å². The van der Waals surface area contributed by atoms with Crippen molar-refractivity contribution in [3.8, 4) is 0 Å². The smallest absolute Gasteiger partial charge is 0.253 e. The highest BCUT2D eigenvalue weighted by Crippen LogP contribution is 2.27. The van der Waals surface area contributed by atoms with Crippen LogP contribution < -0.4 is 0 Å². The molecule has 1 aliphatic heterocycles. The Bertz CT molecular complexity index is 702. The third-order valence-corrected chi connectivity index (χ3v) is 5.04. The van der Waals surface area contributed by atoms with Gasteiger partial charge >= 0.3 is 0 Å². The van der Waals surface area contributed by atoms with Crippen LogP contribution in [0.15, 0.2) is 48.7 Å². The van der Waals surface area contributed by atoms with E-state index in [1.54, 1.807) is 6.20 Å². The van der Waals surface area contributed by atoms with Gasteiger partial charge in [0.25, 0.3) is 5.91 Å². The Hall–Kier alpha value is -2.20. The highest BCUT2D eigenvalue weighted by atomic mass is 16.3. The Morgan fingerprint density at radius 2 is 1.84 bits per heavy atom. The van der Waals surface area contributed by atoms with Crippen LogP contribution in [0.5, 0.6) is 0 Å². The highest BCUT2D eigenvalue weighted by Gasteiger charge is 2.34. The van der Waals surface area contributed by atoms with Crippen molar-refractivity contribution < 1.29 is 9.90 Å². The number of piperidine rings is 1. The lowest BCUT2D eigenvalue weighted by Gasteiger charge is -2.38. The SMILES string of the molecule is CC(C)c1ccc(C(=O)N2CCC(O)(Cc3ccccn3)CC2)cc1. The molecule has 2 heterocycles. The number of aliphatic hydroxyl groups is 1. The van der Waals surface area contributed by atoms with Gasteiger partial charge in [0.1, 0.15) is 0 Å². The van der Waals surface area contributed by atoms with Crippen molar-refractivity contribution in [3.63, 3.8) is 0 Å². The number of nitrogens with zero attached hydrogens (tertiary/aromatic N) is 2. The summed E-state index contributed by atoms with van der Waals surface area (Å²) >= 11 is 0. The molecule has 25 heavy (non-hydrogen) atoms. The summed E-state index contributed by atoms with van der Waals surface area (Å²) in [5.41, 5.74) is 2.08. The minimum Gasteiger partial charge on any atom is -0.389 e. The number of carbonyl (C=O) groups excluding carboxylic acids is 1. The summed E-state index contributed by atoms with van der Waals surface area (Å²) in [6.45, 7) is 5.44. The molecule has 4 nitrogen and oxygen atoms in total. The average molecular weight is 338 g/mol. The van der Waals surface area contributed by atoms with E-state index in [4.69, 9.17) is 0 Å². The molecule has 1 amide bonds. The van der Waals surface area contributed by atoms with E-state index in [1.807, 2.05) is 47.4 Å². The topological polar surface area (TPSA) is 53.4 Å². The first kappa shape index (κ1) is 17.6. The second-order valence-electron chi connectivity index (χ2n) is 7.29. The minimum atomic E-state index is -0.771. The minimum absolute atomic E-state index is 0.0511. The summed E-state index contributed by atoms with van der Waals surface area (Å²) in [5, 5.41) is 10.8. The molecule has 0 bridgehead atoms. The number of hydrogen-bond acceptors (Lipinski definition) is 3. The molecule has 132 valence electrons. The molecule has 1 aromatic carbocycles. The molecule has 0 saturated carbocycles. The summed E-state index contributed by atoms with van der Waals surface area (Å²) in [5.74, 6) is 0.510. The molecule has 0 radical (unpaired) electrons. The fraction of sp³-hybridized carbons (Fsp3) is 0.429. The van der Waals surface area contributed by atoms with Crippen LogP contribution in [-0.2, 0) is 6.42 Å². The van der Waals surface area contributed by atoms with Gasteiger partial charge in [-0.2, -0.15) is 0 Å². The molecule has 1 aromatic heterocycles. The zero-order valence-electron chi connectivity index (χ0n) is 15.0. The Morgan fingerprint density at radius 1 is 1.16 bits per heavy atom. The first-order valence-corrected chi connectivity index (χ1v) is 8.98. The summed E-state index contributed by atoms with van der Waals surface area (Å²) in [4.78, 5) is 18.8. The number of hydrogen-bond donors (Lipinski definition) is 1. The summed E-state index contributed by atoms with van der Waals surface area (Å²) in [6, 6.07) is 13.6. The lowest BCUT2D eigenvalue weighted by molar-refractivity contribution is -0.0168. The van der Waals surface area contributed by atoms with Crippen LogP contribution >= 0.6 is 0 Å². The van der Waals surface area contributed by atoms with Gasteiger partial charge in [-0.05, 0) is 48.6 Å². The van der Waals surface area contributed by atoms with E-state index in [9.17, 15) is 9.90 Å². The van der Waals surface area contributed by atoms with Crippen molar-refractivity contribution in [3.05, 3.63) is 65.5 Å². The molecular formula is C21H26N2O2. The van der Waals surface area contributed by atoms with Gasteiger partial charge in [0.15, 0.2) is 0 Å². The van der Waals surface area contributed by atoms with Gasteiger partial charge in [0, 0.05) is 37.0 Å². The zero-order valence-corrected chi connectivity index (χ0v) is 15.0. The molecule has 0 spiro atoms. The predicted molar refractivity (Wildman–Crippen MR) is 98.6 cm³/mol. The van der Waals surface area contributed by atoms with Crippen molar-refractivity contribution in [2.45, 2.75) is 44.6 Å². The first-order valence-electron chi connectivity index (χ1n) is 8.98. The van der Waals surface area contributed by atoms with Crippen LogP contribution in [0.4, 0.5) is 0 Å². The van der Waals surface area contributed by atoms with Gasteiger partial charge < -0.3 is 10.0 Å². The first-order chi connectivity index (χ1) is 12.0. The number of pyridine rings is 1. The third-order valence-electron chi connectivity index (χ3n) is 5.04. The molecule has 1 fully saturated rings. The van der Waals surface area contributed by atoms with Crippen molar-refractivity contribution >= 4 is 5.91 Å². The molecule has 1 saturated heterocycles. The largest absolute Gasteiger partial charge is 0.389 e. The van der Waals surface area contributed by atoms with Crippen LogP contribution in [0.2, 0.25) is 0 Å². The normalized spacial score (nSPS) is 16.9. The third kappa shape index (κ3) is 4.26. The fourth-order valence-corrected chi connectivity index (χ4v) is 3.34. The summed E-state index contributed by atoms with van der Waals surface area (Å²) in [7, 11) is 0. The maximum Gasteiger partial charge on any atom is 0.253 e. The molecule has 0 unspecified atom stereocenters. The van der Waals surface area contributed by atoms with Gasteiger partial charge in [-0.15, -0.1) is 0 Å². The van der Waals surface area contributed by atoms with E-state index in [-0.39, 0.29) is 5.91 Å². The predicted octanol–water partition coefficient (Wildman–Crippen LogP) is 3.41. The Kier molecular flexibility index (Phi) is 5.19. The van der Waals surface area contributed by atoms with Gasteiger partial charge in [0.05, 0.1) is 5.60 Å². The maximum atomic E-state index is 12.7. The summed E-state index contributed by atoms with van der Waals surface area (Å²) < 4.78 is 0. The van der Waals surface area contributed by atoms with Crippen molar-refractivity contribution in [1.82, 2.24) is 9.88 Å². The van der Waals surface area contributed by atoms with Gasteiger partial charge in [0.2, 0.25) is 0 Å². The van der Waals surface area contributed by atoms with E-state index in [2.05, 4.69) is 18.8 Å². The van der Waals surface area contributed by atoms with Gasteiger partial charge in [-0.3, -0.25) is 9.78 Å². The average Bonchev–Trinajstić information content (AvgIpc) is 2.62. The van der Waals surface area contributed by atoms with E-state index in [1.165, 1.54) is 5.56 Å². The lowest BCUT2D eigenvalue weighted by Crippen LogP contribution is -2.47. The molecule has 3 rings (SSSR count). The van der Waals surface area contributed by atoms with Crippen molar-refractivity contribution in [2.24, 2.45) is 0 Å². The second-order valence-corrected chi connectivity index (χ2v) is 7.29. The number of aromatic nitrogens is 1. The van der Waals surface area contributed by atoms with Gasteiger partial charge in [-0.25, -0.2) is 0 Å². The monoisotopic (exact) mass is 338 g/mol. The van der Waals surface area contributed by atoms with Crippen LogP contribution in [-0.4, -0.2) is 39.6 Å². The van der Waals surface area contributed by atoms with Crippen LogP contribution in [0.1, 0.15) is 54.2 Å². The zero-order chi connectivity index (χ0) is 17.9. The van der Waals surface area contributed by atoms with E-state index in [0.717, 1.165) is 11.3 Å². The maximum absolute atomic E-state index is 12.7. The quantitative estimate of drug-likeness (QED) is 0.929. The Morgan fingerprint density at radius 3 is 2.40 bits per heavy atom. The Balaban J connectivity index is 1.60. The van der Waals surface area contributed by atoms with Crippen molar-refractivity contribution in [2.75, 3.05) is 13.1 Å². The number of likely N-dealkylation sites (tertiary alicyclic amines) is 1. The molecule has 1 aliphatic rings. The van der Waals surface area contributed by atoms with Crippen LogP contribution in [0, 0.1) is 0 Å². The molecule has 0 aliphatic carbocycles. The number of carbonyl (C=O) groups is 1. The van der Waals surface area contributed by atoms with E-state index >= 15 is 0 Å². The fourth-order valence-electron chi connectivity index (χ4n) is 3.34. The molecule has 2 aromatic rings. The summed E-state index contributed by atoms with van der Waals surface area (Å²) in [6.07, 6.45) is 3.45. The molecule has 4 heteroatoms. The van der Waals surface area contributed by atoms with E-state index < -0.39 is 5.60 Å². The number of amides is 1. The lowest BCUT2D eigenvalue weighted by atomic mass is 9.86. The number of rotatable bonds is 4. The highest BCUT2D eigenvalue weighted by molar-refractivity contribution is 5.94. The van der Waals surface area contributed by atoms with Crippen LogP contribution in [0.3, 0.4) is 0 Å². The van der Waals surface area contributed by atoms with Crippen molar-refractivity contribution in [1.29, 1.82) is 0 Å². The Labute approximate surface area is 149 Å². The molecule has 0 atom stereocenters.